The Morgan fingerprint density at radius 2 is 1.53 bits per heavy atom. The summed E-state index contributed by atoms with van der Waals surface area (Å²) in [7, 11) is 0. The molecule has 0 unspecified atom stereocenters. The largest absolute Gasteiger partial charge is 0.871 e. The van der Waals surface area contributed by atoms with Crippen molar-refractivity contribution in [3.8, 4) is 0 Å². The number of Topliss-reactive ketones (excluding diaryl/α,β-unsaturated/α-hetero) is 2. The number of carboxylic acid groups (broad SMARTS) is 2. The minimum absolute atomic E-state index is 0.108. The Morgan fingerprint density at radius 1 is 0.917 bits per heavy atom. The van der Waals surface area contributed by atoms with E-state index in [1.165, 1.54) is 23.1 Å². The van der Waals surface area contributed by atoms with E-state index >= 15 is 0 Å². The van der Waals surface area contributed by atoms with E-state index < -0.39 is 29.3 Å². The molecule has 0 aromatic carbocycles. The summed E-state index contributed by atoms with van der Waals surface area (Å²) >= 11 is 2.53. The first-order valence-electron chi connectivity index (χ1n) is 11.8. The predicted molar refractivity (Wildman–Crippen MR) is 133 cm³/mol. The quantitative estimate of drug-likeness (QED) is 0.340. The van der Waals surface area contributed by atoms with Gasteiger partial charge >= 0.3 is 11.9 Å². The van der Waals surface area contributed by atoms with Crippen LogP contribution in [-0.2, 0) is 19.2 Å². The van der Waals surface area contributed by atoms with Crippen LogP contribution in [0.15, 0.2) is 40.5 Å². The van der Waals surface area contributed by atoms with Crippen LogP contribution in [0, 0.1) is 11.8 Å². The van der Waals surface area contributed by atoms with Gasteiger partial charge in [-0.3, -0.25) is 19.2 Å². The van der Waals surface area contributed by atoms with E-state index in [1.807, 2.05) is 9.48 Å². The van der Waals surface area contributed by atoms with E-state index in [9.17, 15) is 34.5 Å². The van der Waals surface area contributed by atoms with Gasteiger partial charge in [-0.25, -0.2) is 4.58 Å². The summed E-state index contributed by atoms with van der Waals surface area (Å²) in [6, 6.07) is 3.48. The molecule has 0 saturated carbocycles. The Morgan fingerprint density at radius 3 is 2.17 bits per heavy atom. The second kappa shape index (κ2) is 9.70. The average molecular weight is 529 g/mol. The van der Waals surface area contributed by atoms with Crippen molar-refractivity contribution in [1.82, 2.24) is 0 Å². The lowest BCUT2D eigenvalue weighted by atomic mass is 9.97. The number of carbonyl (C=O) groups excluding carboxylic acids is 2. The normalized spacial score (nSPS) is 25.4. The first-order chi connectivity index (χ1) is 17.2. The highest BCUT2D eigenvalue weighted by Crippen LogP contribution is 2.41. The SMILES string of the molecule is O=C1C(=O)C(c2ccc(N3CCC(C(=O)O)CC3)s2)=C([O-])C1=C1C=CC(=[N+]2CCC(C(=O)O)CC2)S1. The van der Waals surface area contributed by atoms with E-state index in [2.05, 4.69) is 0 Å². The summed E-state index contributed by atoms with van der Waals surface area (Å²) in [6.07, 6.45) is 5.60. The van der Waals surface area contributed by atoms with Gasteiger partial charge in [0.1, 0.15) is 13.1 Å². The molecule has 0 spiro atoms. The molecule has 1 aliphatic carbocycles. The molecule has 11 heteroatoms. The van der Waals surface area contributed by atoms with Crippen molar-refractivity contribution >= 4 is 62.2 Å². The maximum Gasteiger partial charge on any atom is 0.306 e. The maximum absolute atomic E-state index is 13.3. The molecule has 5 rings (SSSR count). The number of thiophene rings is 1. The Labute approximate surface area is 215 Å². The number of thioether (sulfide) groups is 1. The second-order valence-corrected chi connectivity index (χ2v) is 11.3. The highest BCUT2D eigenvalue weighted by molar-refractivity contribution is 8.18. The number of hydrogen-bond donors (Lipinski definition) is 2. The van der Waals surface area contributed by atoms with Gasteiger partial charge in [0, 0.05) is 52.9 Å². The third kappa shape index (κ3) is 4.41. The molecule has 1 aromatic rings. The van der Waals surface area contributed by atoms with Crippen LogP contribution in [0.3, 0.4) is 0 Å². The summed E-state index contributed by atoms with van der Waals surface area (Å²) in [4.78, 5) is 51.0. The fraction of sp³-hybridized carbons (Fsp3) is 0.400. The molecule has 188 valence electrons. The minimum atomic E-state index is -0.801. The van der Waals surface area contributed by atoms with Crippen molar-refractivity contribution in [3.63, 3.8) is 0 Å². The van der Waals surface area contributed by atoms with Gasteiger partial charge in [-0.05, 0) is 42.8 Å². The molecule has 3 aliphatic heterocycles. The van der Waals surface area contributed by atoms with Gasteiger partial charge in [0.25, 0.3) is 0 Å². The molecule has 2 N–H and O–H groups in total. The van der Waals surface area contributed by atoms with Gasteiger partial charge in [-0.1, -0.05) is 5.76 Å². The van der Waals surface area contributed by atoms with Gasteiger partial charge < -0.3 is 20.2 Å². The lowest BCUT2D eigenvalue weighted by molar-refractivity contribution is -0.536. The zero-order valence-corrected chi connectivity index (χ0v) is 20.9. The number of anilines is 1. The Hall–Kier alpha value is -3.18. The fourth-order valence-electron chi connectivity index (χ4n) is 4.96. The maximum atomic E-state index is 13.3. The van der Waals surface area contributed by atoms with Gasteiger partial charge in [-0.2, -0.15) is 0 Å². The summed E-state index contributed by atoms with van der Waals surface area (Å²) in [5, 5.41) is 33.3. The van der Waals surface area contributed by atoms with Crippen LogP contribution in [0.5, 0.6) is 0 Å². The number of allylic oxidation sites excluding steroid dienone is 3. The molecule has 36 heavy (non-hydrogen) atoms. The molecule has 1 aromatic heterocycles. The first kappa shape index (κ1) is 24.5. The molecule has 2 fully saturated rings. The van der Waals surface area contributed by atoms with Crippen molar-refractivity contribution in [2.45, 2.75) is 25.7 Å². The van der Waals surface area contributed by atoms with Crippen LogP contribution in [0.2, 0.25) is 0 Å². The Bertz CT molecular complexity index is 1280. The fourth-order valence-corrected chi connectivity index (χ4v) is 7.16. The highest BCUT2D eigenvalue weighted by Gasteiger charge is 2.37. The van der Waals surface area contributed by atoms with Crippen molar-refractivity contribution in [3.05, 3.63) is 45.4 Å². The van der Waals surface area contributed by atoms with Crippen molar-refractivity contribution < 1.29 is 39.1 Å². The number of ketones is 2. The van der Waals surface area contributed by atoms with Gasteiger partial charge in [-0.15, -0.1) is 11.3 Å². The standard InChI is InChI=1S/C25H24N2O7S2/c28-21-19(15-1-3-17(35-15)26-9-5-13(6-10-26)24(31)32)22(29)23(30)20(21)16-2-4-18(36-16)27-11-7-14(8-12-27)25(33)34/h1-4,13-14H,5-12H2,(H2-,28,29,30,31,32,33,34). The number of hydrogen-bond acceptors (Lipinski definition) is 8. The van der Waals surface area contributed by atoms with E-state index in [1.54, 1.807) is 24.3 Å². The Balaban J connectivity index is 1.36. The highest BCUT2D eigenvalue weighted by atomic mass is 32.2. The second-order valence-electron chi connectivity index (χ2n) is 9.21. The van der Waals surface area contributed by atoms with Gasteiger partial charge in [0.05, 0.1) is 16.8 Å². The number of piperidine rings is 2. The molecule has 2 saturated heterocycles. The smallest absolute Gasteiger partial charge is 0.306 e. The summed E-state index contributed by atoms with van der Waals surface area (Å²) in [6.45, 7) is 2.30. The van der Waals surface area contributed by atoms with Crippen LogP contribution in [0.4, 0.5) is 5.00 Å². The molecule has 0 amide bonds. The topological polar surface area (TPSA) is 138 Å². The summed E-state index contributed by atoms with van der Waals surface area (Å²) in [5.41, 5.74) is -0.215. The molecule has 0 radical (unpaired) electrons. The third-order valence-corrected chi connectivity index (χ3v) is 9.43. The van der Waals surface area contributed by atoms with Crippen LogP contribution in [0.25, 0.3) is 5.57 Å². The average Bonchev–Trinajstić information content (AvgIpc) is 3.59. The zero-order valence-electron chi connectivity index (χ0n) is 19.3. The third-order valence-electron chi connectivity index (χ3n) is 7.10. The van der Waals surface area contributed by atoms with E-state index in [4.69, 9.17) is 0 Å². The molecular formula is C25H24N2O7S2. The number of carbonyl (C=O) groups is 4. The van der Waals surface area contributed by atoms with Gasteiger partial charge in [0.2, 0.25) is 16.6 Å². The molecule has 0 bridgehead atoms. The van der Waals surface area contributed by atoms with Crippen molar-refractivity contribution in [1.29, 1.82) is 0 Å². The van der Waals surface area contributed by atoms with Crippen LogP contribution in [0.1, 0.15) is 30.6 Å². The summed E-state index contributed by atoms with van der Waals surface area (Å²) in [5.74, 6) is -4.47. The van der Waals surface area contributed by atoms with E-state index in [0.29, 0.717) is 61.6 Å². The van der Waals surface area contributed by atoms with Gasteiger partial charge in [0.15, 0.2) is 0 Å². The number of nitrogens with zero attached hydrogens (tertiary/aromatic N) is 2. The summed E-state index contributed by atoms with van der Waals surface area (Å²) < 4.78 is 2.05. The van der Waals surface area contributed by atoms with Crippen LogP contribution in [-0.4, -0.2) is 69.5 Å². The van der Waals surface area contributed by atoms with Crippen molar-refractivity contribution in [2.75, 3.05) is 31.1 Å². The molecular weight excluding hydrogens is 504 g/mol. The molecule has 9 nitrogen and oxygen atoms in total. The van der Waals surface area contributed by atoms with Crippen molar-refractivity contribution in [2.24, 2.45) is 11.8 Å². The number of rotatable bonds is 4. The minimum Gasteiger partial charge on any atom is -0.871 e. The molecule has 4 heterocycles. The lowest BCUT2D eigenvalue weighted by Crippen LogP contribution is -2.35. The number of carboxylic acids is 2. The van der Waals surface area contributed by atoms with Crippen LogP contribution >= 0.6 is 23.1 Å². The predicted octanol–water partition coefficient (Wildman–Crippen LogP) is 1.73. The van der Waals surface area contributed by atoms with Crippen LogP contribution < -0.4 is 10.0 Å². The molecule has 0 atom stereocenters. The zero-order chi connectivity index (χ0) is 25.6. The lowest BCUT2D eigenvalue weighted by Gasteiger charge is -2.30. The Kier molecular flexibility index (Phi) is 6.60. The monoisotopic (exact) mass is 528 g/mol. The van der Waals surface area contributed by atoms with E-state index in [-0.39, 0.29) is 23.0 Å². The molecule has 4 aliphatic rings. The first-order valence-corrected chi connectivity index (χ1v) is 13.4. The van der Waals surface area contributed by atoms with E-state index in [0.717, 1.165) is 10.0 Å². The number of aliphatic carboxylic acids is 2.